The highest BCUT2D eigenvalue weighted by Crippen LogP contribution is 2.39. The first-order valence-corrected chi connectivity index (χ1v) is 11.3. The van der Waals surface area contributed by atoms with E-state index >= 15 is 0 Å². The molecule has 3 heterocycles. The van der Waals surface area contributed by atoms with E-state index in [1.165, 1.54) is 10.9 Å². The number of nitrogens with one attached hydrogen (secondary N) is 1. The number of H-pyrrole nitrogens is 1. The molecule has 1 N–H and O–H groups in total. The van der Waals surface area contributed by atoms with Gasteiger partial charge in [0.05, 0.1) is 19.1 Å². The van der Waals surface area contributed by atoms with Crippen LogP contribution in [0.4, 0.5) is 0 Å². The fourth-order valence-corrected chi connectivity index (χ4v) is 5.13. The van der Waals surface area contributed by atoms with Crippen LogP contribution in [0.2, 0.25) is 0 Å². The summed E-state index contributed by atoms with van der Waals surface area (Å²) in [5.74, 6) is 1.02. The first kappa shape index (κ1) is 18.9. The molecule has 4 aromatic rings. The molecule has 4 nitrogen and oxygen atoms in total. The van der Waals surface area contributed by atoms with Gasteiger partial charge >= 0.3 is 0 Å². The smallest absolute Gasteiger partial charge is 0.228 e. The summed E-state index contributed by atoms with van der Waals surface area (Å²) in [7, 11) is 0. The number of benzene rings is 2. The molecule has 0 saturated heterocycles. The van der Waals surface area contributed by atoms with Crippen molar-refractivity contribution in [1.82, 2.24) is 9.88 Å². The van der Waals surface area contributed by atoms with Gasteiger partial charge in [-0.25, -0.2) is 0 Å². The summed E-state index contributed by atoms with van der Waals surface area (Å²) in [4.78, 5) is 20.1. The molecule has 1 atom stereocenters. The molecule has 2 aromatic carbocycles. The maximum absolute atomic E-state index is 13.3. The average molecular weight is 417 g/mol. The molecule has 1 aliphatic heterocycles. The van der Waals surface area contributed by atoms with E-state index in [0.29, 0.717) is 13.0 Å². The lowest BCUT2D eigenvalue weighted by atomic mass is 9.92. The number of rotatable bonds is 5. The molecular weight excluding hydrogens is 392 g/mol. The van der Waals surface area contributed by atoms with Gasteiger partial charge in [0.15, 0.2) is 0 Å². The van der Waals surface area contributed by atoms with Crippen LogP contribution in [0, 0.1) is 0 Å². The lowest BCUT2D eigenvalue weighted by Gasteiger charge is -2.36. The largest absolute Gasteiger partial charge is 0.494 e. The van der Waals surface area contributed by atoms with Crippen molar-refractivity contribution in [2.75, 3.05) is 13.2 Å². The predicted octanol–water partition coefficient (Wildman–Crippen LogP) is 5.34. The molecule has 1 aliphatic rings. The van der Waals surface area contributed by atoms with Gasteiger partial charge in [-0.15, -0.1) is 11.3 Å². The number of hydrogen-bond acceptors (Lipinski definition) is 3. The van der Waals surface area contributed by atoms with Crippen LogP contribution >= 0.6 is 11.3 Å². The van der Waals surface area contributed by atoms with Crippen molar-refractivity contribution in [2.45, 2.75) is 25.8 Å². The number of ether oxygens (including phenoxy) is 1. The summed E-state index contributed by atoms with van der Waals surface area (Å²) in [6, 6.07) is 20.5. The van der Waals surface area contributed by atoms with E-state index < -0.39 is 0 Å². The van der Waals surface area contributed by atoms with Crippen molar-refractivity contribution in [2.24, 2.45) is 0 Å². The molecule has 5 rings (SSSR count). The van der Waals surface area contributed by atoms with Crippen molar-refractivity contribution in [3.63, 3.8) is 0 Å². The average Bonchev–Trinajstić information content (AvgIpc) is 3.41. The Kier molecular flexibility index (Phi) is 5.05. The number of thiophene rings is 1. The summed E-state index contributed by atoms with van der Waals surface area (Å²) < 4.78 is 5.62. The number of carbonyl (C=O) groups excluding carboxylic acids is 1. The zero-order valence-corrected chi connectivity index (χ0v) is 17.7. The summed E-state index contributed by atoms with van der Waals surface area (Å²) in [6.07, 6.45) is 1.31. The van der Waals surface area contributed by atoms with Crippen LogP contribution in [0.1, 0.15) is 34.7 Å². The number of fused-ring (bicyclic) bond motifs is 3. The van der Waals surface area contributed by atoms with E-state index in [-0.39, 0.29) is 11.9 Å². The third-order valence-corrected chi connectivity index (χ3v) is 6.64. The first-order valence-electron chi connectivity index (χ1n) is 10.4. The first-order chi connectivity index (χ1) is 14.7. The summed E-state index contributed by atoms with van der Waals surface area (Å²) in [6.45, 7) is 3.34. The molecule has 0 aliphatic carbocycles. The molecule has 0 fully saturated rings. The minimum Gasteiger partial charge on any atom is -0.494 e. The Bertz CT molecular complexity index is 1160. The van der Waals surface area contributed by atoms with Crippen molar-refractivity contribution in [3.8, 4) is 5.75 Å². The zero-order chi connectivity index (χ0) is 20.5. The fourth-order valence-electron chi connectivity index (χ4n) is 4.43. The van der Waals surface area contributed by atoms with Gasteiger partial charge < -0.3 is 14.6 Å². The Hall–Kier alpha value is -3.05. The Morgan fingerprint density at radius 3 is 2.73 bits per heavy atom. The van der Waals surface area contributed by atoms with Crippen LogP contribution in [0.3, 0.4) is 0 Å². The minimum absolute atomic E-state index is 0.121. The van der Waals surface area contributed by atoms with E-state index in [0.717, 1.165) is 40.4 Å². The van der Waals surface area contributed by atoms with E-state index in [4.69, 9.17) is 4.74 Å². The highest BCUT2D eigenvalue weighted by Gasteiger charge is 2.34. The Labute approximate surface area is 180 Å². The molecule has 2 aromatic heterocycles. The number of amides is 1. The van der Waals surface area contributed by atoms with Gasteiger partial charge in [0.25, 0.3) is 0 Å². The minimum atomic E-state index is -0.121. The van der Waals surface area contributed by atoms with Gasteiger partial charge in [0.2, 0.25) is 5.91 Å². The van der Waals surface area contributed by atoms with Gasteiger partial charge in [0, 0.05) is 28.0 Å². The number of para-hydroxylation sites is 1. The number of carbonyl (C=O) groups is 1. The van der Waals surface area contributed by atoms with Crippen molar-refractivity contribution in [3.05, 3.63) is 87.7 Å². The highest BCUT2D eigenvalue weighted by atomic mass is 32.1. The number of hydrogen-bond donors (Lipinski definition) is 1. The van der Waals surface area contributed by atoms with Crippen LogP contribution < -0.4 is 4.74 Å². The van der Waals surface area contributed by atoms with Crippen LogP contribution in [0.25, 0.3) is 10.9 Å². The van der Waals surface area contributed by atoms with Crippen molar-refractivity contribution < 1.29 is 9.53 Å². The van der Waals surface area contributed by atoms with Crippen molar-refractivity contribution >= 4 is 28.1 Å². The van der Waals surface area contributed by atoms with Gasteiger partial charge in [-0.3, -0.25) is 4.79 Å². The van der Waals surface area contributed by atoms with E-state index in [2.05, 4.69) is 41.4 Å². The predicted molar refractivity (Wildman–Crippen MR) is 121 cm³/mol. The lowest BCUT2D eigenvalue weighted by Crippen LogP contribution is -2.41. The topological polar surface area (TPSA) is 45.3 Å². The Morgan fingerprint density at radius 1 is 1.13 bits per heavy atom. The molecule has 0 bridgehead atoms. The van der Waals surface area contributed by atoms with Crippen LogP contribution in [-0.4, -0.2) is 28.9 Å². The SMILES string of the molecule is CCOc1ccc(C2c3[nH]c4ccccc4c3CCN2C(=O)Cc2cccs2)cc1. The van der Waals surface area contributed by atoms with Gasteiger partial charge in [0.1, 0.15) is 5.75 Å². The number of aromatic amines is 1. The zero-order valence-electron chi connectivity index (χ0n) is 16.9. The summed E-state index contributed by atoms with van der Waals surface area (Å²) in [5.41, 5.74) is 4.69. The van der Waals surface area contributed by atoms with Gasteiger partial charge in [-0.2, -0.15) is 0 Å². The molecule has 0 radical (unpaired) electrons. The number of nitrogens with zero attached hydrogens (tertiary/aromatic N) is 1. The molecular formula is C25H24N2O2S. The van der Waals surface area contributed by atoms with E-state index in [1.807, 2.05) is 41.5 Å². The normalized spacial score (nSPS) is 15.9. The van der Waals surface area contributed by atoms with E-state index in [1.54, 1.807) is 11.3 Å². The molecule has 5 heteroatoms. The van der Waals surface area contributed by atoms with Gasteiger partial charge in [-0.05, 0) is 54.1 Å². The highest BCUT2D eigenvalue weighted by molar-refractivity contribution is 7.10. The van der Waals surface area contributed by atoms with Crippen LogP contribution in [0.5, 0.6) is 5.75 Å². The molecule has 0 spiro atoms. The standard InChI is InChI=1S/C25H24N2O2S/c1-2-29-18-11-9-17(10-12-18)25-24-21(20-7-3-4-8-22(20)26-24)13-14-27(25)23(28)16-19-6-5-15-30-19/h3-12,15,25-26H,2,13-14,16H2,1H3. The maximum atomic E-state index is 13.3. The second-order valence-electron chi connectivity index (χ2n) is 7.56. The second kappa shape index (κ2) is 8.00. The van der Waals surface area contributed by atoms with Crippen LogP contribution in [-0.2, 0) is 17.6 Å². The second-order valence-corrected chi connectivity index (χ2v) is 8.59. The molecule has 0 saturated carbocycles. The maximum Gasteiger partial charge on any atom is 0.228 e. The number of aromatic nitrogens is 1. The summed E-state index contributed by atoms with van der Waals surface area (Å²) in [5, 5.41) is 3.28. The molecule has 1 amide bonds. The molecule has 1 unspecified atom stereocenters. The Morgan fingerprint density at radius 2 is 1.97 bits per heavy atom. The van der Waals surface area contributed by atoms with Gasteiger partial charge in [-0.1, -0.05) is 36.4 Å². The van der Waals surface area contributed by atoms with Crippen molar-refractivity contribution in [1.29, 1.82) is 0 Å². The van der Waals surface area contributed by atoms with E-state index in [9.17, 15) is 4.79 Å². The molecule has 152 valence electrons. The third kappa shape index (κ3) is 3.39. The third-order valence-electron chi connectivity index (χ3n) is 5.77. The Balaban J connectivity index is 1.57. The monoisotopic (exact) mass is 416 g/mol. The quantitative estimate of drug-likeness (QED) is 0.477. The molecule has 30 heavy (non-hydrogen) atoms. The van der Waals surface area contributed by atoms with Crippen LogP contribution in [0.15, 0.2) is 66.0 Å². The fraction of sp³-hybridized carbons (Fsp3) is 0.240. The lowest BCUT2D eigenvalue weighted by molar-refractivity contribution is -0.132. The summed E-state index contributed by atoms with van der Waals surface area (Å²) >= 11 is 1.64.